The highest BCUT2D eigenvalue weighted by Gasteiger charge is 2.03. The lowest BCUT2D eigenvalue weighted by atomic mass is 10.1. The molecule has 1 aromatic heterocycles. The molecule has 2 aromatic rings. The van der Waals surface area contributed by atoms with Crippen LogP contribution >= 0.6 is 38.9 Å². The fourth-order valence-corrected chi connectivity index (χ4v) is 2.95. The largest absolute Gasteiger partial charge is 0.379 e. The number of rotatable bonds is 4. The minimum Gasteiger partial charge on any atom is -0.379 e. The van der Waals surface area contributed by atoms with E-state index in [0.717, 1.165) is 28.0 Å². The van der Waals surface area contributed by atoms with Crippen molar-refractivity contribution in [3.8, 4) is 0 Å². The van der Waals surface area contributed by atoms with Crippen molar-refractivity contribution < 1.29 is 0 Å². The Labute approximate surface area is 118 Å². The molecule has 2 nitrogen and oxygen atoms in total. The Morgan fingerprint density at radius 1 is 1.47 bits per heavy atom. The SMILES string of the molecule is CCc1ccc(NCc2cnc(Cl)s2)c(Br)c1. The van der Waals surface area contributed by atoms with E-state index in [-0.39, 0.29) is 0 Å². The molecule has 2 rings (SSSR count). The van der Waals surface area contributed by atoms with Gasteiger partial charge in [-0.15, -0.1) is 11.3 Å². The van der Waals surface area contributed by atoms with Crippen LogP contribution in [0.2, 0.25) is 4.47 Å². The van der Waals surface area contributed by atoms with Gasteiger partial charge in [0, 0.05) is 21.2 Å². The molecule has 0 spiro atoms. The Morgan fingerprint density at radius 2 is 2.29 bits per heavy atom. The van der Waals surface area contributed by atoms with Gasteiger partial charge in [0.25, 0.3) is 0 Å². The molecule has 1 heterocycles. The predicted molar refractivity (Wildman–Crippen MR) is 78.0 cm³/mol. The summed E-state index contributed by atoms with van der Waals surface area (Å²) in [6, 6.07) is 6.36. The fraction of sp³-hybridized carbons (Fsp3) is 0.250. The molecule has 0 aliphatic carbocycles. The van der Waals surface area contributed by atoms with Crippen molar-refractivity contribution in [1.82, 2.24) is 4.98 Å². The van der Waals surface area contributed by atoms with Crippen molar-refractivity contribution in [2.45, 2.75) is 19.9 Å². The maximum absolute atomic E-state index is 5.78. The Balaban J connectivity index is 2.04. The highest BCUT2D eigenvalue weighted by molar-refractivity contribution is 9.10. The summed E-state index contributed by atoms with van der Waals surface area (Å²) in [4.78, 5) is 5.14. The highest BCUT2D eigenvalue weighted by atomic mass is 79.9. The van der Waals surface area contributed by atoms with E-state index >= 15 is 0 Å². The maximum Gasteiger partial charge on any atom is 0.183 e. The van der Waals surface area contributed by atoms with Crippen LogP contribution in [0.15, 0.2) is 28.9 Å². The van der Waals surface area contributed by atoms with E-state index in [1.165, 1.54) is 16.9 Å². The van der Waals surface area contributed by atoms with E-state index in [2.05, 4.69) is 51.4 Å². The molecular weight excluding hydrogens is 320 g/mol. The number of halogens is 2. The molecule has 0 saturated heterocycles. The maximum atomic E-state index is 5.78. The van der Waals surface area contributed by atoms with Gasteiger partial charge in [-0.3, -0.25) is 0 Å². The summed E-state index contributed by atoms with van der Waals surface area (Å²) in [5.74, 6) is 0. The number of aromatic nitrogens is 1. The van der Waals surface area contributed by atoms with E-state index in [0.29, 0.717) is 4.47 Å². The molecule has 0 bridgehead atoms. The number of nitrogens with zero attached hydrogens (tertiary/aromatic N) is 1. The van der Waals surface area contributed by atoms with Gasteiger partial charge in [0.15, 0.2) is 4.47 Å². The summed E-state index contributed by atoms with van der Waals surface area (Å²) in [6.07, 6.45) is 2.84. The molecule has 90 valence electrons. The zero-order valence-electron chi connectivity index (χ0n) is 9.34. The third kappa shape index (κ3) is 3.44. The van der Waals surface area contributed by atoms with Crippen LogP contribution < -0.4 is 5.32 Å². The lowest BCUT2D eigenvalue weighted by Gasteiger charge is -2.08. The first-order valence-electron chi connectivity index (χ1n) is 5.31. The zero-order chi connectivity index (χ0) is 12.3. The van der Waals surface area contributed by atoms with Crippen molar-refractivity contribution in [3.63, 3.8) is 0 Å². The standard InChI is InChI=1S/C12H12BrClN2S/c1-2-8-3-4-11(10(13)5-8)15-6-9-7-16-12(14)17-9/h3-5,7,15H,2,6H2,1H3. The van der Waals surface area contributed by atoms with Crippen molar-refractivity contribution in [1.29, 1.82) is 0 Å². The first-order valence-corrected chi connectivity index (χ1v) is 7.30. The molecule has 0 amide bonds. The van der Waals surface area contributed by atoms with Gasteiger partial charge in [0.1, 0.15) is 0 Å². The Hall–Kier alpha value is -0.580. The van der Waals surface area contributed by atoms with Gasteiger partial charge in [-0.1, -0.05) is 24.6 Å². The minimum atomic E-state index is 0.585. The number of benzene rings is 1. The second-order valence-electron chi connectivity index (χ2n) is 3.60. The van der Waals surface area contributed by atoms with Crippen LogP contribution in [0.25, 0.3) is 0 Å². The van der Waals surface area contributed by atoms with Gasteiger partial charge >= 0.3 is 0 Å². The molecular formula is C12H12BrClN2S. The molecule has 5 heteroatoms. The van der Waals surface area contributed by atoms with Crippen LogP contribution in [0.1, 0.15) is 17.4 Å². The Bertz CT molecular complexity index is 513. The quantitative estimate of drug-likeness (QED) is 0.875. The smallest absolute Gasteiger partial charge is 0.183 e. The highest BCUT2D eigenvalue weighted by Crippen LogP contribution is 2.25. The zero-order valence-corrected chi connectivity index (χ0v) is 12.5. The molecule has 17 heavy (non-hydrogen) atoms. The average molecular weight is 332 g/mol. The van der Waals surface area contributed by atoms with E-state index in [1.807, 2.05) is 0 Å². The number of hydrogen-bond acceptors (Lipinski definition) is 3. The average Bonchev–Trinajstić information content (AvgIpc) is 2.73. The van der Waals surface area contributed by atoms with Crippen molar-refractivity contribution in [3.05, 3.63) is 43.8 Å². The number of aryl methyl sites for hydroxylation is 1. The van der Waals surface area contributed by atoms with Gasteiger partial charge < -0.3 is 5.32 Å². The molecule has 0 aliphatic heterocycles. The minimum absolute atomic E-state index is 0.585. The molecule has 0 saturated carbocycles. The first-order chi connectivity index (χ1) is 8.19. The molecule has 1 aromatic carbocycles. The Morgan fingerprint density at radius 3 is 2.88 bits per heavy atom. The predicted octanol–water partition coefficient (Wildman–Crippen LogP) is 4.73. The normalized spacial score (nSPS) is 10.5. The van der Waals surface area contributed by atoms with Crippen LogP contribution in [0.4, 0.5) is 5.69 Å². The molecule has 0 unspecified atom stereocenters. The molecule has 1 N–H and O–H groups in total. The van der Waals surface area contributed by atoms with Crippen LogP contribution in [-0.4, -0.2) is 4.98 Å². The molecule has 0 atom stereocenters. The Kier molecular flexibility index (Phi) is 4.42. The molecule has 0 radical (unpaired) electrons. The van der Waals surface area contributed by atoms with Gasteiger partial charge in [0.05, 0.1) is 6.54 Å². The first kappa shape index (κ1) is 12.9. The monoisotopic (exact) mass is 330 g/mol. The third-order valence-electron chi connectivity index (χ3n) is 2.42. The van der Waals surface area contributed by atoms with Crippen molar-refractivity contribution in [2.75, 3.05) is 5.32 Å². The number of anilines is 1. The number of hydrogen-bond donors (Lipinski definition) is 1. The summed E-state index contributed by atoms with van der Waals surface area (Å²) in [5, 5.41) is 3.36. The second-order valence-corrected chi connectivity index (χ2v) is 6.15. The fourth-order valence-electron chi connectivity index (χ4n) is 1.47. The summed E-state index contributed by atoms with van der Waals surface area (Å²) in [5.41, 5.74) is 2.41. The van der Waals surface area contributed by atoms with E-state index in [4.69, 9.17) is 11.6 Å². The number of thiazole rings is 1. The van der Waals surface area contributed by atoms with Crippen molar-refractivity contribution in [2.24, 2.45) is 0 Å². The lowest BCUT2D eigenvalue weighted by Crippen LogP contribution is -1.98. The topological polar surface area (TPSA) is 24.9 Å². The van der Waals surface area contributed by atoms with E-state index in [9.17, 15) is 0 Å². The summed E-state index contributed by atoms with van der Waals surface area (Å²) >= 11 is 10.8. The van der Waals surface area contributed by atoms with Crippen LogP contribution in [0.5, 0.6) is 0 Å². The van der Waals surface area contributed by atoms with Crippen LogP contribution in [0.3, 0.4) is 0 Å². The molecule has 0 aliphatic rings. The van der Waals surface area contributed by atoms with Gasteiger partial charge in [0.2, 0.25) is 0 Å². The second kappa shape index (κ2) is 5.85. The summed E-state index contributed by atoms with van der Waals surface area (Å²) in [6.45, 7) is 2.89. The van der Waals surface area contributed by atoms with Crippen molar-refractivity contribution >= 4 is 44.6 Å². The summed E-state index contributed by atoms with van der Waals surface area (Å²) < 4.78 is 1.68. The lowest BCUT2D eigenvalue weighted by molar-refractivity contribution is 1.12. The van der Waals surface area contributed by atoms with Gasteiger partial charge in [-0.2, -0.15) is 0 Å². The van der Waals surface area contributed by atoms with E-state index in [1.54, 1.807) is 6.20 Å². The van der Waals surface area contributed by atoms with Crippen LogP contribution in [-0.2, 0) is 13.0 Å². The molecule has 0 fully saturated rings. The summed E-state index contributed by atoms with van der Waals surface area (Å²) in [7, 11) is 0. The number of nitrogens with one attached hydrogen (secondary N) is 1. The van der Waals surface area contributed by atoms with Gasteiger partial charge in [-0.05, 0) is 40.0 Å². The third-order valence-corrected chi connectivity index (χ3v) is 4.19. The van der Waals surface area contributed by atoms with Crippen LogP contribution in [0, 0.1) is 0 Å². The van der Waals surface area contributed by atoms with Gasteiger partial charge in [-0.25, -0.2) is 4.98 Å². The van der Waals surface area contributed by atoms with E-state index < -0.39 is 0 Å².